The normalized spacial score (nSPS) is 13.0. The summed E-state index contributed by atoms with van der Waals surface area (Å²) < 4.78 is 22.7. The topological polar surface area (TPSA) is 115 Å². The lowest BCUT2D eigenvalue weighted by molar-refractivity contribution is -0.117. The van der Waals surface area contributed by atoms with E-state index in [1.54, 1.807) is 17.8 Å². The summed E-state index contributed by atoms with van der Waals surface area (Å²) in [6, 6.07) is 5.26. The Balaban J connectivity index is 2.86. The molecule has 1 atom stereocenters. The maximum atomic E-state index is 11.8. The van der Waals surface area contributed by atoms with Gasteiger partial charge in [-0.05, 0) is 30.6 Å². The molecule has 6 nitrogen and oxygen atoms in total. The van der Waals surface area contributed by atoms with Gasteiger partial charge >= 0.3 is 0 Å². The zero-order valence-electron chi connectivity index (χ0n) is 10.5. The average molecular weight is 303 g/mol. The zero-order valence-corrected chi connectivity index (χ0v) is 12.1. The van der Waals surface area contributed by atoms with E-state index in [0.717, 1.165) is 5.75 Å². The van der Waals surface area contributed by atoms with Crippen LogP contribution in [0, 0.1) is 0 Å². The second kappa shape index (κ2) is 6.90. The van der Waals surface area contributed by atoms with E-state index >= 15 is 0 Å². The van der Waals surface area contributed by atoms with Crippen LogP contribution in [0.15, 0.2) is 29.2 Å². The minimum absolute atomic E-state index is 0.125. The van der Waals surface area contributed by atoms with Crippen molar-refractivity contribution >= 4 is 33.4 Å². The molecule has 0 saturated heterocycles. The van der Waals surface area contributed by atoms with Crippen molar-refractivity contribution in [2.75, 3.05) is 17.3 Å². The Morgan fingerprint density at radius 2 is 2.05 bits per heavy atom. The minimum atomic E-state index is -3.88. The van der Waals surface area contributed by atoms with Gasteiger partial charge in [0.25, 0.3) is 0 Å². The van der Waals surface area contributed by atoms with Gasteiger partial charge in [-0.25, -0.2) is 13.6 Å². The zero-order chi connectivity index (χ0) is 14.5. The van der Waals surface area contributed by atoms with Gasteiger partial charge in [0.05, 0.1) is 11.7 Å². The van der Waals surface area contributed by atoms with Gasteiger partial charge in [-0.3, -0.25) is 4.79 Å². The maximum absolute atomic E-state index is 11.8. The molecule has 0 bridgehead atoms. The molecule has 0 fully saturated rings. The van der Waals surface area contributed by atoms with Crippen molar-refractivity contribution in [2.24, 2.45) is 10.9 Å². The highest BCUT2D eigenvalue weighted by Crippen LogP contribution is 2.19. The number of para-hydroxylation sites is 1. The summed E-state index contributed by atoms with van der Waals surface area (Å²) in [5, 5.41) is 7.57. The van der Waals surface area contributed by atoms with Gasteiger partial charge in [0.15, 0.2) is 0 Å². The van der Waals surface area contributed by atoms with Gasteiger partial charge in [0.2, 0.25) is 15.9 Å². The van der Waals surface area contributed by atoms with Crippen molar-refractivity contribution in [3.63, 3.8) is 0 Å². The van der Waals surface area contributed by atoms with Gasteiger partial charge in [0.1, 0.15) is 4.90 Å². The van der Waals surface area contributed by atoms with Crippen molar-refractivity contribution < 1.29 is 13.2 Å². The summed E-state index contributed by atoms with van der Waals surface area (Å²) in [6.45, 7) is 0. The molecular formula is C11H17N3O3S2. The predicted octanol–water partition coefficient (Wildman–Crippen LogP) is 0.353. The van der Waals surface area contributed by atoms with Crippen LogP contribution in [0.1, 0.15) is 6.42 Å². The Morgan fingerprint density at radius 1 is 1.42 bits per heavy atom. The molecule has 0 radical (unpaired) electrons. The summed E-state index contributed by atoms with van der Waals surface area (Å²) in [7, 11) is -3.88. The molecule has 1 aromatic carbocycles. The summed E-state index contributed by atoms with van der Waals surface area (Å²) in [6.07, 6.45) is 2.44. The summed E-state index contributed by atoms with van der Waals surface area (Å²) in [4.78, 5) is 11.7. The minimum Gasteiger partial charge on any atom is -0.324 e. The first-order chi connectivity index (χ1) is 8.86. The Hall–Kier alpha value is -1.09. The van der Waals surface area contributed by atoms with Crippen molar-refractivity contribution in [1.29, 1.82) is 0 Å². The number of carbonyl (C=O) groups excluding carboxylic acids is 1. The molecule has 19 heavy (non-hydrogen) atoms. The lowest BCUT2D eigenvalue weighted by Crippen LogP contribution is -2.36. The fraction of sp³-hybridized carbons (Fsp3) is 0.364. The molecule has 0 aliphatic carbocycles. The van der Waals surface area contributed by atoms with Gasteiger partial charge in [0, 0.05) is 0 Å². The summed E-state index contributed by atoms with van der Waals surface area (Å²) >= 11 is 1.59. The highest BCUT2D eigenvalue weighted by atomic mass is 32.2. The number of rotatable bonds is 6. The number of nitrogens with one attached hydrogen (secondary N) is 1. The monoisotopic (exact) mass is 303 g/mol. The van der Waals surface area contributed by atoms with E-state index < -0.39 is 22.0 Å². The first-order valence-electron chi connectivity index (χ1n) is 5.53. The van der Waals surface area contributed by atoms with Crippen LogP contribution in [0.3, 0.4) is 0 Å². The predicted molar refractivity (Wildman–Crippen MR) is 77.4 cm³/mol. The van der Waals surface area contributed by atoms with Crippen LogP contribution in [0.4, 0.5) is 5.69 Å². The number of primary sulfonamides is 1. The molecule has 5 N–H and O–H groups in total. The third-order valence-corrected chi connectivity index (χ3v) is 4.03. The highest BCUT2D eigenvalue weighted by molar-refractivity contribution is 7.98. The molecule has 1 amide bonds. The SMILES string of the molecule is CSCC[C@@H](N)C(=O)Nc1ccccc1S(N)(=O)=O. The molecule has 0 unspecified atom stereocenters. The van der Waals surface area contributed by atoms with Crippen molar-refractivity contribution in [3.05, 3.63) is 24.3 Å². The number of hydrogen-bond donors (Lipinski definition) is 3. The molecule has 0 saturated carbocycles. The van der Waals surface area contributed by atoms with Crippen molar-refractivity contribution in [2.45, 2.75) is 17.4 Å². The molecule has 1 aromatic rings. The lowest BCUT2D eigenvalue weighted by atomic mass is 10.2. The fourth-order valence-corrected chi connectivity index (χ4v) is 2.60. The van der Waals surface area contributed by atoms with Crippen molar-refractivity contribution in [3.8, 4) is 0 Å². The molecule has 0 aliphatic heterocycles. The van der Waals surface area contributed by atoms with E-state index in [9.17, 15) is 13.2 Å². The first kappa shape index (κ1) is 16.0. The second-order valence-corrected chi connectivity index (χ2v) is 6.43. The number of sulfonamides is 1. The van der Waals surface area contributed by atoms with E-state index in [1.165, 1.54) is 18.2 Å². The van der Waals surface area contributed by atoms with Gasteiger partial charge in [-0.1, -0.05) is 12.1 Å². The lowest BCUT2D eigenvalue weighted by Gasteiger charge is -2.13. The quantitative estimate of drug-likeness (QED) is 0.701. The van der Waals surface area contributed by atoms with Crippen LogP contribution in [0.2, 0.25) is 0 Å². The van der Waals surface area contributed by atoms with E-state index in [2.05, 4.69) is 5.32 Å². The van der Waals surface area contributed by atoms with Crippen LogP contribution in [0.25, 0.3) is 0 Å². The van der Waals surface area contributed by atoms with Crippen LogP contribution in [-0.2, 0) is 14.8 Å². The van der Waals surface area contributed by atoms with E-state index in [-0.39, 0.29) is 10.6 Å². The molecule has 8 heteroatoms. The number of benzene rings is 1. The van der Waals surface area contributed by atoms with Gasteiger partial charge in [-0.2, -0.15) is 11.8 Å². The number of nitrogens with two attached hydrogens (primary N) is 2. The van der Waals surface area contributed by atoms with Gasteiger partial charge in [-0.15, -0.1) is 0 Å². The molecule has 0 spiro atoms. The van der Waals surface area contributed by atoms with Crippen LogP contribution in [0.5, 0.6) is 0 Å². The summed E-state index contributed by atoms with van der Waals surface area (Å²) in [5.74, 6) is 0.330. The number of anilines is 1. The van der Waals surface area contributed by atoms with Gasteiger partial charge < -0.3 is 11.1 Å². The number of carbonyl (C=O) groups is 1. The van der Waals surface area contributed by atoms with Crippen LogP contribution in [-0.4, -0.2) is 32.4 Å². The van der Waals surface area contributed by atoms with Crippen LogP contribution < -0.4 is 16.2 Å². The Morgan fingerprint density at radius 3 is 2.63 bits per heavy atom. The van der Waals surface area contributed by atoms with E-state index in [0.29, 0.717) is 6.42 Å². The maximum Gasteiger partial charge on any atom is 0.241 e. The summed E-state index contributed by atoms with van der Waals surface area (Å²) in [5.41, 5.74) is 5.85. The second-order valence-electron chi connectivity index (χ2n) is 3.92. The highest BCUT2D eigenvalue weighted by Gasteiger charge is 2.18. The third-order valence-electron chi connectivity index (χ3n) is 2.42. The third kappa shape index (κ3) is 4.83. The average Bonchev–Trinajstić information content (AvgIpc) is 2.35. The molecule has 1 rings (SSSR count). The number of thioether (sulfide) groups is 1. The largest absolute Gasteiger partial charge is 0.324 e. The van der Waals surface area contributed by atoms with E-state index in [4.69, 9.17) is 10.9 Å². The molecule has 0 aliphatic rings. The standard InChI is InChI=1S/C11H17N3O3S2/c1-18-7-6-8(12)11(15)14-9-4-2-3-5-10(9)19(13,16)17/h2-5,8H,6-7,12H2,1H3,(H,14,15)(H2,13,16,17)/t8-/m1/s1. The number of amides is 1. The Bertz CT molecular complexity index is 546. The fourth-order valence-electron chi connectivity index (χ4n) is 1.42. The Labute approximate surface area is 117 Å². The molecular weight excluding hydrogens is 286 g/mol. The first-order valence-corrected chi connectivity index (χ1v) is 8.47. The van der Waals surface area contributed by atoms with Crippen LogP contribution >= 0.6 is 11.8 Å². The molecule has 106 valence electrons. The Kier molecular flexibility index (Phi) is 5.80. The van der Waals surface area contributed by atoms with E-state index in [1.807, 2.05) is 6.26 Å². The molecule has 0 aromatic heterocycles. The molecule has 0 heterocycles. The number of hydrogen-bond acceptors (Lipinski definition) is 5. The van der Waals surface area contributed by atoms with Crippen molar-refractivity contribution in [1.82, 2.24) is 0 Å². The smallest absolute Gasteiger partial charge is 0.241 e.